The summed E-state index contributed by atoms with van der Waals surface area (Å²) in [7, 11) is 0. The van der Waals surface area contributed by atoms with Gasteiger partial charge in [0.15, 0.2) is 30.6 Å². The third-order valence-corrected chi connectivity index (χ3v) is 17.2. The molecule has 2 heterocycles. The van der Waals surface area contributed by atoms with Gasteiger partial charge < -0.3 is 59.8 Å². The number of carbonyl (C=O) groups excluding carboxylic acids is 1. The molecule has 0 unspecified atom stereocenters. The van der Waals surface area contributed by atoms with E-state index >= 15 is 0 Å². The van der Waals surface area contributed by atoms with Crippen molar-refractivity contribution in [2.75, 3.05) is 0 Å². The maximum atomic E-state index is 14.8. The predicted molar refractivity (Wildman–Crippen MR) is 199 cm³/mol. The fourth-order valence-electron chi connectivity index (χ4n) is 13.4. The molecule has 0 aromatic rings. The molecule has 19 atom stereocenters. The Morgan fingerprint density at radius 2 is 1.28 bits per heavy atom. The van der Waals surface area contributed by atoms with Gasteiger partial charge in [-0.2, -0.15) is 0 Å². The van der Waals surface area contributed by atoms with Gasteiger partial charge in [-0.1, -0.05) is 47.1 Å². The second kappa shape index (κ2) is 14.3. The highest BCUT2D eigenvalue weighted by atomic mass is 16.7. The van der Waals surface area contributed by atoms with E-state index in [9.17, 15) is 60.0 Å². The zero-order valence-corrected chi connectivity index (χ0v) is 34.4. The van der Waals surface area contributed by atoms with Gasteiger partial charge in [0.1, 0.15) is 36.6 Å². The van der Waals surface area contributed by atoms with E-state index < -0.39 is 107 Å². The summed E-state index contributed by atoms with van der Waals surface area (Å²) in [5, 5.41) is 83.1. The van der Waals surface area contributed by atoms with Gasteiger partial charge in [-0.15, -0.1) is 0 Å². The van der Waals surface area contributed by atoms with Crippen molar-refractivity contribution in [3.8, 4) is 0 Å². The summed E-state index contributed by atoms with van der Waals surface area (Å²) in [6.45, 7) is 14.9. The van der Waals surface area contributed by atoms with Crippen LogP contribution in [-0.2, 0) is 38.1 Å². The minimum absolute atomic E-state index is 0.00719. The zero-order chi connectivity index (χ0) is 42.9. The quantitative estimate of drug-likeness (QED) is 0.171. The van der Waals surface area contributed by atoms with Crippen LogP contribution in [-0.4, -0.2) is 132 Å². The van der Waals surface area contributed by atoms with Gasteiger partial charge in [-0.25, -0.2) is 9.59 Å². The van der Waals surface area contributed by atoms with Crippen LogP contribution in [0.4, 0.5) is 0 Å². The van der Waals surface area contributed by atoms with Crippen LogP contribution < -0.4 is 0 Å². The van der Waals surface area contributed by atoms with Crippen molar-refractivity contribution in [1.82, 2.24) is 0 Å². The Bertz CT molecular complexity index is 1730. The Hall–Kier alpha value is -2.54. The molecule has 0 amide bonds. The van der Waals surface area contributed by atoms with Gasteiger partial charge in [-0.3, -0.25) is 9.59 Å². The fourth-order valence-corrected chi connectivity index (χ4v) is 13.4. The lowest BCUT2D eigenvalue weighted by molar-refractivity contribution is -0.360. The van der Waals surface area contributed by atoms with Crippen molar-refractivity contribution in [2.24, 2.45) is 50.2 Å². The van der Waals surface area contributed by atoms with Crippen molar-refractivity contribution in [1.29, 1.82) is 0 Å². The molecule has 58 heavy (non-hydrogen) atoms. The first-order chi connectivity index (χ1) is 26.8. The number of carboxylic acid groups (broad SMARTS) is 3. The van der Waals surface area contributed by atoms with E-state index in [-0.39, 0.29) is 34.4 Å². The summed E-state index contributed by atoms with van der Waals surface area (Å²) >= 11 is 0. The highest BCUT2D eigenvalue weighted by molar-refractivity contribution is 5.95. The van der Waals surface area contributed by atoms with E-state index in [0.29, 0.717) is 25.7 Å². The lowest BCUT2D eigenvalue weighted by Crippen LogP contribution is -2.68. The Kier molecular flexibility index (Phi) is 10.7. The second-order valence-electron chi connectivity index (χ2n) is 20.6. The van der Waals surface area contributed by atoms with Gasteiger partial charge in [0.05, 0.1) is 11.5 Å². The van der Waals surface area contributed by atoms with Gasteiger partial charge in [-0.05, 0) is 110 Å². The van der Waals surface area contributed by atoms with Gasteiger partial charge >= 0.3 is 17.9 Å². The maximum absolute atomic E-state index is 14.8. The number of allylic oxidation sites excluding steroid dienone is 2. The van der Waals surface area contributed by atoms with Crippen LogP contribution in [0.1, 0.15) is 106 Å². The van der Waals surface area contributed by atoms with Crippen LogP contribution in [0.5, 0.6) is 0 Å². The van der Waals surface area contributed by atoms with E-state index in [1.165, 1.54) is 0 Å². The number of aliphatic hydroxyl groups excluding tert-OH is 5. The van der Waals surface area contributed by atoms with Crippen LogP contribution in [0.25, 0.3) is 0 Å². The molecule has 4 saturated carbocycles. The molecule has 8 N–H and O–H groups in total. The SMILES string of the molecule is CC1(C)[C@H](O[C@H]2O[C@@H](C(=O)O)[C@H](O[C@H]3O[C@@H](C(=O)O)[C@H](O)[C@@H](O)[C@@H]3O)[C@@H](O)[C@@H]2O)CC[C@]2(C)[C@H]1CC[C@@]1(C)[C@H]2C(=O)C=C2[C@@H]3C[C@@](C)(C(=O)O)CC[C@]3(C)CC[C@@]21C. The number of fused-ring (bicyclic) bond motifs is 7. The van der Waals surface area contributed by atoms with E-state index in [0.717, 1.165) is 37.7 Å². The van der Waals surface area contributed by atoms with Gasteiger partial charge in [0.2, 0.25) is 0 Å². The molecule has 16 heteroatoms. The molecule has 2 aliphatic heterocycles. The number of carboxylic acids is 3. The number of carbonyl (C=O) groups is 4. The maximum Gasteiger partial charge on any atom is 0.335 e. The van der Waals surface area contributed by atoms with Crippen molar-refractivity contribution in [2.45, 2.75) is 174 Å². The molecular formula is C42H62O16. The molecular weight excluding hydrogens is 760 g/mol. The smallest absolute Gasteiger partial charge is 0.335 e. The van der Waals surface area contributed by atoms with Crippen LogP contribution in [0.15, 0.2) is 11.6 Å². The first-order valence-electron chi connectivity index (χ1n) is 20.7. The molecule has 7 aliphatic rings. The Morgan fingerprint density at radius 1 is 0.690 bits per heavy atom. The summed E-state index contributed by atoms with van der Waals surface area (Å²) in [5.74, 6) is -4.42. The van der Waals surface area contributed by atoms with E-state index in [1.807, 2.05) is 26.8 Å². The predicted octanol–water partition coefficient (Wildman–Crippen LogP) is 2.25. The summed E-state index contributed by atoms with van der Waals surface area (Å²) in [4.78, 5) is 51.4. The molecule has 0 radical (unpaired) electrons. The van der Waals surface area contributed by atoms with Gasteiger partial charge in [0.25, 0.3) is 0 Å². The average Bonchev–Trinajstić information content (AvgIpc) is 3.13. The topological polar surface area (TPSA) is 267 Å². The number of hydrogen-bond donors (Lipinski definition) is 8. The number of ether oxygens (including phenoxy) is 4. The standard InChI is InChI=1S/C42H62O16/c1-37(2)21-8-11-42(7)31(20(43)16-18-19-17-39(4,36(53)54)13-12-38(19,3)14-15-41(18,42)6)40(21,5)10-9-22(37)55-34-27(48)25(46)28(30(58-34)33(51)52)56-35-26(47)23(44)24(45)29(57-35)32(49)50/h16,19,21-31,34-35,44-48H,8-15,17H2,1-7H3,(H,49,50)(H,51,52)(H,53,54)/t19-,21-,22+,23+,24+,25-,26-,27-,28+,29+,30+,31-,34-,35-,38+,39-,40+,41-,42-/m0/s1. The third-order valence-electron chi connectivity index (χ3n) is 17.2. The highest BCUT2D eigenvalue weighted by Gasteiger charge is 2.71. The molecule has 0 aromatic carbocycles. The Labute approximate surface area is 337 Å². The van der Waals surface area contributed by atoms with E-state index in [2.05, 4.69) is 27.7 Å². The van der Waals surface area contributed by atoms with Crippen molar-refractivity contribution in [3.05, 3.63) is 11.6 Å². The third kappa shape index (κ3) is 6.25. The van der Waals surface area contributed by atoms with Crippen LogP contribution in [0, 0.1) is 50.2 Å². The van der Waals surface area contributed by atoms with Crippen molar-refractivity contribution >= 4 is 23.7 Å². The van der Waals surface area contributed by atoms with E-state index in [4.69, 9.17) is 18.9 Å². The first kappa shape index (κ1) is 43.5. The number of ketones is 1. The molecule has 0 spiro atoms. The van der Waals surface area contributed by atoms with Crippen molar-refractivity contribution < 1.29 is 79.0 Å². The monoisotopic (exact) mass is 822 g/mol. The first-order valence-corrected chi connectivity index (χ1v) is 20.7. The van der Waals surface area contributed by atoms with Crippen molar-refractivity contribution in [3.63, 3.8) is 0 Å². The number of aliphatic carboxylic acids is 3. The molecule has 7 rings (SSSR count). The largest absolute Gasteiger partial charge is 0.481 e. The minimum atomic E-state index is -2.06. The Balaban J connectivity index is 1.11. The number of hydrogen-bond acceptors (Lipinski definition) is 13. The molecule has 6 fully saturated rings. The lowest BCUT2D eigenvalue weighted by atomic mass is 9.33. The number of aliphatic hydroxyl groups is 5. The lowest BCUT2D eigenvalue weighted by Gasteiger charge is -2.70. The second-order valence-corrected chi connectivity index (χ2v) is 20.6. The van der Waals surface area contributed by atoms with Gasteiger partial charge in [0, 0.05) is 5.92 Å². The molecule has 16 nitrogen and oxygen atoms in total. The van der Waals surface area contributed by atoms with Crippen LogP contribution >= 0.6 is 0 Å². The Morgan fingerprint density at radius 3 is 1.90 bits per heavy atom. The molecule has 2 saturated heterocycles. The van der Waals surface area contributed by atoms with E-state index in [1.54, 1.807) is 0 Å². The summed E-state index contributed by atoms with van der Waals surface area (Å²) in [5.41, 5.74) is -1.63. The molecule has 326 valence electrons. The highest BCUT2D eigenvalue weighted by Crippen LogP contribution is 2.75. The fraction of sp³-hybridized carbons (Fsp3) is 0.857. The summed E-state index contributed by atoms with van der Waals surface area (Å²) < 4.78 is 22.8. The van der Waals surface area contributed by atoms with Crippen LogP contribution in [0.2, 0.25) is 0 Å². The minimum Gasteiger partial charge on any atom is -0.481 e. The zero-order valence-electron chi connectivity index (χ0n) is 34.4. The molecule has 5 aliphatic carbocycles. The van der Waals surface area contributed by atoms with Crippen LogP contribution in [0.3, 0.4) is 0 Å². The molecule has 0 bridgehead atoms. The summed E-state index contributed by atoms with van der Waals surface area (Å²) in [6.07, 6.45) is -12.1. The summed E-state index contributed by atoms with van der Waals surface area (Å²) in [6, 6.07) is 0. The molecule has 0 aromatic heterocycles. The normalized spacial score (nSPS) is 52.6. The average molecular weight is 823 g/mol. The number of rotatable bonds is 7.